The summed E-state index contributed by atoms with van der Waals surface area (Å²) in [6.07, 6.45) is 1.90. The molecule has 0 spiro atoms. The zero-order valence-electron chi connectivity index (χ0n) is 8.27. The van der Waals surface area contributed by atoms with Crippen LogP contribution in [0.25, 0.3) is 0 Å². The first-order chi connectivity index (χ1) is 7.25. The van der Waals surface area contributed by atoms with Gasteiger partial charge in [0.25, 0.3) is 0 Å². The van der Waals surface area contributed by atoms with Gasteiger partial charge in [-0.2, -0.15) is 0 Å². The van der Waals surface area contributed by atoms with Gasteiger partial charge in [-0.3, -0.25) is 4.99 Å². The summed E-state index contributed by atoms with van der Waals surface area (Å²) in [5.74, 6) is 0. The molecule has 1 heterocycles. The number of thiophene rings is 1. The third-order valence-electron chi connectivity index (χ3n) is 2.03. The highest BCUT2D eigenvalue weighted by molar-refractivity contribution is 9.10. The lowest BCUT2D eigenvalue weighted by atomic mass is 10.2. The Labute approximate surface area is 102 Å². The highest BCUT2D eigenvalue weighted by Gasteiger charge is 1.96. The number of hydrogen-bond donors (Lipinski definition) is 0. The van der Waals surface area contributed by atoms with Crippen LogP contribution in [-0.4, -0.2) is 6.21 Å². The number of nitrogens with zero attached hydrogens (tertiary/aromatic N) is 1. The molecule has 15 heavy (non-hydrogen) atoms. The first kappa shape index (κ1) is 10.6. The van der Waals surface area contributed by atoms with Gasteiger partial charge in [-0.15, -0.1) is 11.3 Å². The SMILES string of the molecule is Cc1cc(Br)ccc1N=Cc1cccs1. The van der Waals surface area contributed by atoms with Crippen LogP contribution < -0.4 is 0 Å². The van der Waals surface area contributed by atoms with E-state index in [1.54, 1.807) is 11.3 Å². The van der Waals surface area contributed by atoms with Crippen LogP contribution in [0.5, 0.6) is 0 Å². The van der Waals surface area contributed by atoms with E-state index in [-0.39, 0.29) is 0 Å². The number of aliphatic imine (C=N–C) groups is 1. The van der Waals surface area contributed by atoms with E-state index in [1.807, 2.05) is 24.4 Å². The summed E-state index contributed by atoms with van der Waals surface area (Å²) in [4.78, 5) is 5.63. The summed E-state index contributed by atoms with van der Waals surface area (Å²) in [5, 5.41) is 2.05. The standard InChI is InChI=1S/C12H10BrNS/c1-9-7-10(13)4-5-12(9)14-8-11-3-2-6-15-11/h2-8H,1H3. The molecular formula is C12H10BrNS. The maximum Gasteiger partial charge on any atom is 0.0660 e. The fraction of sp³-hybridized carbons (Fsp3) is 0.0833. The van der Waals surface area contributed by atoms with E-state index in [2.05, 4.69) is 45.4 Å². The average Bonchev–Trinajstić information content (AvgIpc) is 2.69. The van der Waals surface area contributed by atoms with Crippen molar-refractivity contribution in [1.29, 1.82) is 0 Å². The Morgan fingerprint density at radius 3 is 2.87 bits per heavy atom. The van der Waals surface area contributed by atoms with Crippen molar-refractivity contribution >= 4 is 39.2 Å². The molecule has 0 radical (unpaired) electrons. The van der Waals surface area contributed by atoms with Crippen LogP contribution in [0.3, 0.4) is 0 Å². The number of hydrogen-bond acceptors (Lipinski definition) is 2. The Morgan fingerprint density at radius 1 is 1.33 bits per heavy atom. The van der Waals surface area contributed by atoms with E-state index in [1.165, 1.54) is 10.4 Å². The molecule has 1 nitrogen and oxygen atoms in total. The Kier molecular flexibility index (Phi) is 3.34. The molecule has 1 aromatic carbocycles. The van der Waals surface area contributed by atoms with Crippen LogP contribution >= 0.6 is 27.3 Å². The second kappa shape index (κ2) is 4.73. The number of rotatable bonds is 2. The summed E-state index contributed by atoms with van der Waals surface area (Å²) in [6.45, 7) is 2.06. The van der Waals surface area contributed by atoms with Crippen molar-refractivity contribution in [2.75, 3.05) is 0 Å². The molecule has 1 aromatic heterocycles. The predicted molar refractivity (Wildman–Crippen MR) is 70.5 cm³/mol. The van der Waals surface area contributed by atoms with E-state index in [9.17, 15) is 0 Å². The van der Waals surface area contributed by atoms with Crippen LogP contribution in [0.4, 0.5) is 5.69 Å². The fourth-order valence-electron chi connectivity index (χ4n) is 1.26. The first-order valence-corrected chi connectivity index (χ1v) is 6.27. The van der Waals surface area contributed by atoms with Gasteiger partial charge in [0.2, 0.25) is 0 Å². The van der Waals surface area contributed by atoms with Crippen LogP contribution in [-0.2, 0) is 0 Å². The number of halogens is 1. The quantitative estimate of drug-likeness (QED) is 0.714. The van der Waals surface area contributed by atoms with Gasteiger partial charge in [-0.1, -0.05) is 22.0 Å². The number of benzene rings is 1. The van der Waals surface area contributed by atoms with Gasteiger partial charge in [0.1, 0.15) is 0 Å². The van der Waals surface area contributed by atoms with Crippen molar-refractivity contribution in [3.63, 3.8) is 0 Å². The minimum Gasteiger partial charge on any atom is -0.255 e. The molecule has 76 valence electrons. The summed E-state index contributed by atoms with van der Waals surface area (Å²) >= 11 is 5.13. The summed E-state index contributed by atoms with van der Waals surface area (Å²) < 4.78 is 1.09. The van der Waals surface area contributed by atoms with Gasteiger partial charge in [0.05, 0.1) is 5.69 Å². The molecule has 2 aromatic rings. The lowest BCUT2D eigenvalue weighted by Gasteiger charge is -1.99. The van der Waals surface area contributed by atoms with Crippen molar-refractivity contribution in [1.82, 2.24) is 0 Å². The molecular weight excluding hydrogens is 270 g/mol. The highest BCUT2D eigenvalue weighted by Crippen LogP contribution is 2.22. The van der Waals surface area contributed by atoms with Crippen LogP contribution in [0.2, 0.25) is 0 Å². The molecule has 0 atom stereocenters. The van der Waals surface area contributed by atoms with E-state index >= 15 is 0 Å². The Morgan fingerprint density at radius 2 is 2.20 bits per heavy atom. The molecule has 0 fully saturated rings. The maximum atomic E-state index is 4.45. The van der Waals surface area contributed by atoms with Crippen LogP contribution in [0.1, 0.15) is 10.4 Å². The Balaban J connectivity index is 2.24. The molecule has 0 amide bonds. The number of aryl methyl sites for hydroxylation is 1. The lowest BCUT2D eigenvalue weighted by Crippen LogP contribution is -1.77. The molecule has 0 unspecified atom stereocenters. The van der Waals surface area contributed by atoms with Crippen molar-refractivity contribution < 1.29 is 0 Å². The smallest absolute Gasteiger partial charge is 0.0660 e. The van der Waals surface area contributed by atoms with E-state index in [4.69, 9.17) is 0 Å². The summed E-state index contributed by atoms with van der Waals surface area (Å²) in [7, 11) is 0. The predicted octanol–water partition coefficient (Wildman–Crippen LogP) is 4.57. The maximum absolute atomic E-state index is 4.45. The average molecular weight is 280 g/mol. The van der Waals surface area contributed by atoms with E-state index in [0.29, 0.717) is 0 Å². The second-order valence-corrected chi connectivity index (χ2v) is 5.10. The first-order valence-electron chi connectivity index (χ1n) is 4.59. The molecule has 0 aliphatic heterocycles. The molecule has 0 aliphatic carbocycles. The van der Waals surface area contributed by atoms with Crippen molar-refractivity contribution in [3.8, 4) is 0 Å². The third-order valence-corrected chi connectivity index (χ3v) is 3.33. The normalized spacial score (nSPS) is 11.1. The van der Waals surface area contributed by atoms with Crippen molar-refractivity contribution in [2.24, 2.45) is 4.99 Å². The molecule has 0 saturated heterocycles. The second-order valence-electron chi connectivity index (χ2n) is 3.20. The van der Waals surface area contributed by atoms with Gasteiger partial charge in [0.15, 0.2) is 0 Å². The molecule has 2 rings (SSSR count). The molecule has 0 N–H and O–H groups in total. The minimum absolute atomic E-state index is 1.02. The van der Waals surface area contributed by atoms with Gasteiger partial charge in [0, 0.05) is 15.6 Å². The van der Waals surface area contributed by atoms with E-state index < -0.39 is 0 Å². The van der Waals surface area contributed by atoms with Gasteiger partial charge in [-0.05, 0) is 42.1 Å². The summed E-state index contributed by atoms with van der Waals surface area (Å²) in [6, 6.07) is 10.2. The fourth-order valence-corrected chi connectivity index (χ4v) is 2.32. The molecule has 3 heteroatoms. The van der Waals surface area contributed by atoms with Gasteiger partial charge < -0.3 is 0 Å². The molecule has 0 saturated carbocycles. The monoisotopic (exact) mass is 279 g/mol. The summed E-state index contributed by atoms with van der Waals surface area (Å²) in [5.41, 5.74) is 2.20. The Hall–Kier alpha value is -0.930. The third kappa shape index (κ3) is 2.76. The van der Waals surface area contributed by atoms with Gasteiger partial charge in [-0.25, -0.2) is 0 Å². The van der Waals surface area contributed by atoms with Crippen LogP contribution in [0.15, 0.2) is 45.2 Å². The van der Waals surface area contributed by atoms with E-state index in [0.717, 1.165) is 10.2 Å². The highest BCUT2D eigenvalue weighted by atomic mass is 79.9. The zero-order chi connectivity index (χ0) is 10.7. The zero-order valence-corrected chi connectivity index (χ0v) is 10.7. The minimum atomic E-state index is 1.02. The van der Waals surface area contributed by atoms with Gasteiger partial charge >= 0.3 is 0 Å². The van der Waals surface area contributed by atoms with Crippen molar-refractivity contribution in [2.45, 2.75) is 6.92 Å². The van der Waals surface area contributed by atoms with Crippen molar-refractivity contribution in [3.05, 3.63) is 50.6 Å². The van der Waals surface area contributed by atoms with Crippen LogP contribution in [0, 0.1) is 6.92 Å². The lowest BCUT2D eigenvalue weighted by molar-refractivity contribution is 1.39. The topological polar surface area (TPSA) is 12.4 Å². The largest absolute Gasteiger partial charge is 0.255 e. The molecule has 0 aliphatic rings. The molecule has 0 bridgehead atoms. The Bertz CT molecular complexity index is 474.